The van der Waals surface area contributed by atoms with Crippen molar-refractivity contribution in [3.63, 3.8) is 0 Å². The fourth-order valence-electron chi connectivity index (χ4n) is 0.839. The van der Waals surface area contributed by atoms with Gasteiger partial charge < -0.3 is 11.5 Å². The molecule has 1 aromatic heterocycles. The third-order valence-corrected chi connectivity index (χ3v) is 1.71. The quantitative estimate of drug-likeness (QED) is 0.678. The molecule has 0 unspecified atom stereocenters. The Hall–Kier alpha value is -0.710. The van der Waals surface area contributed by atoms with Crippen LogP contribution in [0.25, 0.3) is 0 Å². The molecular formula is C7H9ClFN3. The Bertz CT molecular complexity index is 279. The van der Waals surface area contributed by atoms with Gasteiger partial charge in [0.1, 0.15) is 11.0 Å². The van der Waals surface area contributed by atoms with E-state index in [9.17, 15) is 4.39 Å². The van der Waals surface area contributed by atoms with Gasteiger partial charge in [0.15, 0.2) is 0 Å². The summed E-state index contributed by atoms with van der Waals surface area (Å²) in [7, 11) is 0. The van der Waals surface area contributed by atoms with Crippen molar-refractivity contribution >= 4 is 11.6 Å². The maximum atomic E-state index is 13.0. The van der Waals surface area contributed by atoms with Gasteiger partial charge in [-0.2, -0.15) is 0 Å². The van der Waals surface area contributed by atoms with Crippen LogP contribution in [0.5, 0.6) is 0 Å². The predicted molar refractivity (Wildman–Crippen MR) is 45.2 cm³/mol. The topological polar surface area (TPSA) is 64.9 Å². The highest BCUT2D eigenvalue weighted by Crippen LogP contribution is 2.16. The summed E-state index contributed by atoms with van der Waals surface area (Å²) in [5.41, 5.74) is 11.1. The highest BCUT2D eigenvalue weighted by Gasteiger charge is 2.10. The maximum Gasteiger partial charge on any atom is 0.146 e. The van der Waals surface area contributed by atoms with Crippen molar-refractivity contribution in [1.29, 1.82) is 0 Å². The van der Waals surface area contributed by atoms with Crippen LogP contribution in [-0.4, -0.2) is 11.5 Å². The van der Waals surface area contributed by atoms with Gasteiger partial charge in [-0.1, -0.05) is 11.6 Å². The molecule has 1 heterocycles. The summed E-state index contributed by atoms with van der Waals surface area (Å²) in [5, 5.41) is 0.218. The van der Waals surface area contributed by atoms with Crippen LogP contribution in [0.1, 0.15) is 11.6 Å². The molecule has 0 aliphatic carbocycles. The van der Waals surface area contributed by atoms with Crippen molar-refractivity contribution < 1.29 is 4.39 Å². The first-order chi connectivity index (χ1) is 5.65. The largest absolute Gasteiger partial charge is 0.329 e. The number of hydrogen-bond donors (Lipinski definition) is 2. The highest BCUT2D eigenvalue weighted by atomic mass is 35.5. The van der Waals surface area contributed by atoms with E-state index in [0.717, 1.165) is 6.20 Å². The lowest BCUT2D eigenvalue weighted by Crippen LogP contribution is -2.22. The van der Waals surface area contributed by atoms with E-state index in [1.807, 2.05) is 0 Å². The summed E-state index contributed by atoms with van der Waals surface area (Å²) in [4.78, 5) is 3.55. The normalized spacial score (nSPS) is 13.0. The number of aromatic nitrogens is 1. The molecule has 12 heavy (non-hydrogen) atoms. The molecule has 1 aromatic rings. The predicted octanol–water partition coefficient (Wildman–Crippen LogP) is 0.833. The van der Waals surface area contributed by atoms with Gasteiger partial charge in [-0.25, -0.2) is 9.37 Å². The van der Waals surface area contributed by atoms with Gasteiger partial charge in [0.2, 0.25) is 0 Å². The minimum Gasteiger partial charge on any atom is -0.329 e. The molecule has 66 valence electrons. The lowest BCUT2D eigenvalue weighted by atomic mass is 10.1. The van der Waals surface area contributed by atoms with Gasteiger partial charge in [-0.15, -0.1) is 0 Å². The van der Waals surface area contributed by atoms with E-state index >= 15 is 0 Å². The Morgan fingerprint density at radius 1 is 1.67 bits per heavy atom. The fourth-order valence-corrected chi connectivity index (χ4v) is 1.00. The Morgan fingerprint density at radius 3 is 2.92 bits per heavy atom. The highest BCUT2D eigenvalue weighted by molar-refractivity contribution is 6.29. The third kappa shape index (κ3) is 1.91. The second-order valence-electron chi connectivity index (χ2n) is 2.37. The molecule has 1 atom stereocenters. The van der Waals surface area contributed by atoms with E-state index in [1.165, 1.54) is 6.07 Å². The second-order valence-corrected chi connectivity index (χ2v) is 2.76. The molecular weight excluding hydrogens is 181 g/mol. The van der Waals surface area contributed by atoms with Crippen molar-refractivity contribution in [3.8, 4) is 0 Å². The lowest BCUT2D eigenvalue weighted by molar-refractivity contribution is 0.578. The average molecular weight is 190 g/mol. The lowest BCUT2D eigenvalue weighted by Gasteiger charge is -2.09. The monoisotopic (exact) mass is 189 g/mol. The molecule has 0 saturated carbocycles. The van der Waals surface area contributed by atoms with Gasteiger partial charge in [-0.05, 0) is 6.07 Å². The number of nitrogens with zero attached hydrogens (tertiary/aromatic N) is 1. The zero-order valence-corrected chi connectivity index (χ0v) is 7.05. The average Bonchev–Trinajstić information content (AvgIpc) is 2.08. The number of nitrogens with two attached hydrogens (primary N) is 2. The molecule has 0 aromatic carbocycles. The first-order valence-electron chi connectivity index (χ1n) is 3.41. The van der Waals surface area contributed by atoms with E-state index in [1.54, 1.807) is 0 Å². The summed E-state index contributed by atoms with van der Waals surface area (Å²) in [5.74, 6) is -0.475. The first-order valence-corrected chi connectivity index (χ1v) is 3.79. The van der Waals surface area contributed by atoms with E-state index < -0.39 is 11.9 Å². The van der Waals surface area contributed by atoms with Crippen LogP contribution in [0.2, 0.25) is 5.15 Å². The van der Waals surface area contributed by atoms with Crippen molar-refractivity contribution in [2.75, 3.05) is 6.54 Å². The van der Waals surface area contributed by atoms with Gasteiger partial charge in [-0.3, -0.25) is 0 Å². The second kappa shape index (κ2) is 3.80. The van der Waals surface area contributed by atoms with Crippen molar-refractivity contribution in [2.24, 2.45) is 11.5 Å². The van der Waals surface area contributed by atoms with Crippen molar-refractivity contribution in [2.45, 2.75) is 6.04 Å². The summed E-state index contributed by atoms with van der Waals surface area (Å²) in [6.07, 6.45) is 1.03. The van der Waals surface area contributed by atoms with E-state index in [-0.39, 0.29) is 11.7 Å². The van der Waals surface area contributed by atoms with Crippen LogP contribution in [0.3, 0.4) is 0 Å². The Morgan fingerprint density at radius 2 is 2.33 bits per heavy atom. The number of rotatable bonds is 2. The Balaban J connectivity index is 3.04. The first kappa shape index (κ1) is 9.38. The molecule has 4 N–H and O–H groups in total. The van der Waals surface area contributed by atoms with Crippen LogP contribution in [0, 0.1) is 5.82 Å². The van der Waals surface area contributed by atoms with E-state index in [2.05, 4.69) is 4.98 Å². The van der Waals surface area contributed by atoms with Crippen LogP contribution in [0.15, 0.2) is 12.3 Å². The number of hydrogen-bond acceptors (Lipinski definition) is 3. The smallest absolute Gasteiger partial charge is 0.146 e. The van der Waals surface area contributed by atoms with E-state index in [0.29, 0.717) is 5.56 Å². The van der Waals surface area contributed by atoms with Crippen LogP contribution in [0.4, 0.5) is 4.39 Å². The summed E-state index contributed by atoms with van der Waals surface area (Å²) < 4.78 is 13.0. The molecule has 1 rings (SSSR count). The van der Waals surface area contributed by atoms with Gasteiger partial charge >= 0.3 is 0 Å². The standard InChI is InChI=1S/C7H9ClFN3/c8-7-1-4(6(11)2-10)5(9)3-12-7/h1,3,6H,2,10-11H2/t6-/m0/s1. The zero-order chi connectivity index (χ0) is 9.14. The van der Waals surface area contributed by atoms with Gasteiger partial charge in [0.25, 0.3) is 0 Å². The summed E-state index contributed by atoms with van der Waals surface area (Å²) in [6.45, 7) is 0.178. The van der Waals surface area contributed by atoms with E-state index in [4.69, 9.17) is 23.1 Å². The van der Waals surface area contributed by atoms with Crippen LogP contribution >= 0.6 is 11.6 Å². The zero-order valence-electron chi connectivity index (χ0n) is 6.30. The molecule has 0 aliphatic rings. The molecule has 0 saturated heterocycles. The summed E-state index contributed by atoms with van der Waals surface area (Å²) in [6, 6.07) is 0.861. The molecule has 0 fully saturated rings. The van der Waals surface area contributed by atoms with Gasteiger partial charge in [0, 0.05) is 18.2 Å². The van der Waals surface area contributed by atoms with Crippen molar-refractivity contribution in [1.82, 2.24) is 4.98 Å². The van der Waals surface area contributed by atoms with Crippen LogP contribution < -0.4 is 11.5 Å². The minimum atomic E-state index is -0.523. The number of halogens is 2. The molecule has 0 radical (unpaired) electrons. The molecule has 5 heteroatoms. The Labute approximate surface area is 74.5 Å². The van der Waals surface area contributed by atoms with Gasteiger partial charge in [0.05, 0.1) is 6.20 Å². The molecule has 0 bridgehead atoms. The van der Waals surface area contributed by atoms with Crippen molar-refractivity contribution in [3.05, 3.63) is 28.8 Å². The third-order valence-electron chi connectivity index (χ3n) is 1.51. The number of pyridine rings is 1. The SMILES string of the molecule is NC[C@H](N)c1cc(Cl)ncc1F. The molecule has 0 aliphatic heterocycles. The van der Waals surface area contributed by atoms with Crippen LogP contribution in [-0.2, 0) is 0 Å². The minimum absolute atomic E-state index is 0.178. The maximum absolute atomic E-state index is 13.0. The molecule has 0 spiro atoms. The fraction of sp³-hybridized carbons (Fsp3) is 0.286. The summed E-state index contributed by atoms with van der Waals surface area (Å²) >= 11 is 5.54. The molecule has 0 amide bonds. The Kier molecular flexibility index (Phi) is 2.97. The molecule has 3 nitrogen and oxygen atoms in total.